The molecule has 64 valence electrons. The molecular formula is C8H21NO. The SMILES string of the molecule is CC.CC=O.CCC(C)N. The minimum Gasteiger partial charge on any atom is -0.328 e. The van der Waals surface area contributed by atoms with E-state index >= 15 is 0 Å². The number of rotatable bonds is 1. The number of nitrogens with two attached hydrogens (primary N) is 1. The monoisotopic (exact) mass is 147 g/mol. The molecular weight excluding hydrogens is 126 g/mol. The van der Waals surface area contributed by atoms with Crippen LogP contribution in [0.15, 0.2) is 0 Å². The lowest BCUT2D eigenvalue weighted by atomic mass is 10.3. The van der Waals surface area contributed by atoms with Gasteiger partial charge in [0.15, 0.2) is 0 Å². The second-order valence-corrected chi connectivity index (χ2v) is 1.62. The Labute approximate surface area is 64.8 Å². The van der Waals surface area contributed by atoms with Gasteiger partial charge in [-0.1, -0.05) is 20.8 Å². The van der Waals surface area contributed by atoms with Gasteiger partial charge < -0.3 is 10.5 Å². The third-order valence-electron chi connectivity index (χ3n) is 0.644. The van der Waals surface area contributed by atoms with Crippen molar-refractivity contribution in [1.82, 2.24) is 0 Å². The topological polar surface area (TPSA) is 43.1 Å². The van der Waals surface area contributed by atoms with Crippen LogP contribution >= 0.6 is 0 Å². The Morgan fingerprint density at radius 1 is 1.50 bits per heavy atom. The van der Waals surface area contributed by atoms with Crippen LogP contribution in [0.2, 0.25) is 0 Å². The highest BCUT2D eigenvalue weighted by atomic mass is 16.1. The summed E-state index contributed by atoms with van der Waals surface area (Å²) >= 11 is 0. The molecule has 1 unspecified atom stereocenters. The summed E-state index contributed by atoms with van der Waals surface area (Å²) in [6.45, 7) is 9.52. The molecule has 0 aliphatic carbocycles. The lowest BCUT2D eigenvalue weighted by Crippen LogP contribution is -2.11. The van der Waals surface area contributed by atoms with Gasteiger partial charge in [-0.2, -0.15) is 0 Å². The molecule has 0 aliphatic heterocycles. The number of carbonyl (C=O) groups is 1. The largest absolute Gasteiger partial charge is 0.328 e. The van der Waals surface area contributed by atoms with Crippen molar-refractivity contribution in [3.8, 4) is 0 Å². The van der Waals surface area contributed by atoms with Gasteiger partial charge in [-0.05, 0) is 20.3 Å². The van der Waals surface area contributed by atoms with Crippen molar-refractivity contribution in [2.24, 2.45) is 5.73 Å². The molecule has 0 aliphatic rings. The summed E-state index contributed by atoms with van der Waals surface area (Å²) in [5, 5.41) is 0. The van der Waals surface area contributed by atoms with Crippen LogP contribution < -0.4 is 5.73 Å². The van der Waals surface area contributed by atoms with Crippen molar-refractivity contribution in [1.29, 1.82) is 0 Å². The predicted octanol–water partition coefficient (Wildman–Crippen LogP) is 1.98. The molecule has 0 fully saturated rings. The Morgan fingerprint density at radius 3 is 1.60 bits per heavy atom. The average Bonchev–Trinajstić information content (AvgIpc) is 1.94. The zero-order valence-corrected chi connectivity index (χ0v) is 7.85. The number of hydrogen-bond donors (Lipinski definition) is 1. The molecule has 1 atom stereocenters. The molecule has 0 heterocycles. The van der Waals surface area contributed by atoms with Crippen LogP contribution in [-0.4, -0.2) is 12.3 Å². The minimum atomic E-state index is 0.384. The molecule has 10 heavy (non-hydrogen) atoms. The van der Waals surface area contributed by atoms with E-state index in [9.17, 15) is 0 Å². The van der Waals surface area contributed by atoms with Crippen LogP contribution in [0.3, 0.4) is 0 Å². The van der Waals surface area contributed by atoms with Crippen molar-refractivity contribution < 1.29 is 4.79 Å². The lowest BCUT2D eigenvalue weighted by molar-refractivity contribution is -0.106. The van der Waals surface area contributed by atoms with Gasteiger partial charge >= 0.3 is 0 Å². The third kappa shape index (κ3) is 126. The van der Waals surface area contributed by atoms with E-state index in [1.165, 1.54) is 6.92 Å². The Balaban J connectivity index is -0.0000000847. The first-order valence-corrected chi connectivity index (χ1v) is 3.84. The Kier molecular flexibility index (Phi) is 38.2. The molecule has 0 bridgehead atoms. The molecule has 0 saturated carbocycles. The quantitative estimate of drug-likeness (QED) is 0.576. The van der Waals surface area contributed by atoms with Crippen LogP contribution in [-0.2, 0) is 4.79 Å². The van der Waals surface area contributed by atoms with E-state index in [2.05, 4.69) is 6.92 Å². The first-order chi connectivity index (χ1) is 4.68. The van der Waals surface area contributed by atoms with Gasteiger partial charge in [0, 0.05) is 6.04 Å². The molecule has 0 amide bonds. The van der Waals surface area contributed by atoms with E-state index in [4.69, 9.17) is 10.5 Å². The van der Waals surface area contributed by atoms with Crippen molar-refractivity contribution in [3.05, 3.63) is 0 Å². The second kappa shape index (κ2) is 23.4. The average molecular weight is 147 g/mol. The Morgan fingerprint density at radius 2 is 1.60 bits per heavy atom. The number of aldehydes is 1. The maximum absolute atomic E-state index is 8.81. The molecule has 0 aromatic carbocycles. The van der Waals surface area contributed by atoms with Gasteiger partial charge in [0.1, 0.15) is 6.29 Å². The fourth-order valence-corrected chi connectivity index (χ4v) is 0. The van der Waals surface area contributed by atoms with E-state index in [0.29, 0.717) is 6.04 Å². The predicted molar refractivity (Wildman–Crippen MR) is 47.0 cm³/mol. The molecule has 0 radical (unpaired) electrons. The van der Waals surface area contributed by atoms with Gasteiger partial charge in [-0.3, -0.25) is 0 Å². The van der Waals surface area contributed by atoms with Gasteiger partial charge in [0.2, 0.25) is 0 Å². The van der Waals surface area contributed by atoms with Gasteiger partial charge in [-0.25, -0.2) is 0 Å². The highest BCUT2D eigenvalue weighted by Crippen LogP contribution is 1.77. The van der Waals surface area contributed by atoms with Crippen molar-refractivity contribution >= 4 is 6.29 Å². The highest BCUT2D eigenvalue weighted by molar-refractivity contribution is 5.44. The first-order valence-electron chi connectivity index (χ1n) is 3.84. The maximum Gasteiger partial charge on any atom is 0.116 e. The molecule has 2 nitrogen and oxygen atoms in total. The number of carbonyl (C=O) groups excluding carboxylic acids is 1. The van der Waals surface area contributed by atoms with Gasteiger partial charge in [0.05, 0.1) is 0 Å². The van der Waals surface area contributed by atoms with Crippen LogP contribution in [0.1, 0.15) is 41.0 Å². The summed E-state index contributed by atoms with van der Waals surface area (Å²) in [5.41, 5.74) is 5.29. The third-order valence-corrected chi connectivity index (χ3v) is 0.644. The fourth-order valence-electron chi connectivity index (χ4n) is 0. The maximum atomic E-state index is 8.81. The van der Waals surface area contributed by atoms with Crippen LogP contribution in [0.4, 0.5) is 0 Å². The van der Waals surface area contributed by atoms with E-state index in [1.54, 1.807) is 0 Å². The molecule has 0 spiro atoms. The molecule has 2 heteroatoms. The smallest absolute Gasteiger partial charge is 0.116 e. The molecule has 2 N–H and O–H groups in total. The Bertz CT molecular complexity index is 44.5. The van der Waals surface area contributed by atoms with Gasteiger partial charge in [0.25, 0.3) is 0 Å². The molecule has 0 rings (SSSR count). The van der Waals surface area contributed by atoms with Gasteiger partial charge in [-0.15, -0.1) is 0 Å². The standard InChI is InChI=1S/C4H11N.C2H4O.C2H6/c1-3-4(2)5;1-2-3;1-2/h4H,3,5H2,1-2H3;2H,1H3;1-2H3. The summed E-state index contributed by atoms with van der Waals surface area (Å²) in [6, 6.07) is 0.384. The second-order valence-electron chi connectivity index (χ2n) is 1.62. The molecule has 0 saturated heterocycles. The Hall–Kier alpha value is -0.370. The zero-order chi connectivity index (χ0) is 8.99. The lowest BCUT2D eigenvalue weighted by Gasteiger charge is -1.91. The summed E-state index contributed by atoms with van der Waals surface area (Å²) < 4.78 is 0. The molecule has 0 aromatic rings. The summed E-state index contributed by atoms with van der Waals surface area (Å²) in [6.07, 6.45) is 1.83. The fraction of sp³-hybridized carbons (Fsp3) is 0.875. The van der Waals surface area contributed by atoms with Crippen molar-refractivity contribution in [3.63, 3.8) is 0 Å². The van der Waals surface area contributed by atoms with Crippen molar-refractivity contribution in [2.75, 3.05) is 0 Å². The minimum absolute atomic E-state index is 0.384. The summed E-state index contributed by atoms with van der Waals surface area (Å²) in [7, 11) is 0. The first kappa shape index (κ1) is 16.3. The van der Waals surface area contributed by atoms with E-state index in [0.717, 1.165) is 12.7 Å². The van der Waals surface area contributed by atoms with Crippen LogP contribution in [0.25, 0.3) is 0 Å². The van der Waals surface area contributed by atoms with Crippen LogP contribution in [0.5, 0.6) is 0 Å². The summed E-state index contributed by atoms with van der Waals surface area (Å²) in [5.74, 6) is 0. The van der Waals surface area contributed by atoms with Crippen LogP contribution in [0, 0.1) is 0 Å². The van der Waals surface area contributed by atoms with E-state index in [1.807, 2.05) is 20.8 Å². The normalized spacial score (nSPS) is 9.40. The highest BCUT2D eigenvalue weighted by Gasteiger charge is 1.79. The van der Waals surface area contributed by atoms with E-state index < -0.39 is 0 Å². The zero-order valence-electron chi connectivity index (χ0n) is 7.85. The summed E-state index contributed by atoms with van der Waals surface area (Å²) in [4.78, 5) is 8.81. The van der Waals surface area contributed by atoms with Crippen molar-refractivity contribution in [2.45, 2.75) is 47.1 Å². The van der Waals surface area contributed by atoms with E-state index in [-0.39, 0.29) is 0 Å². The molecule has 0 aromatic heterocycles. The number of hydrogen-bond acceptors (Lipinski definition) is 2.